The fourth-order valence-corrected chi connectivity index (χ4v) is 2.29. The van der Waals surface area contributed by atoms with Crippen molar-refractivity contribution in [1.29, 1.82) is 0 Å². The maximum absolute atomic E-state index is 5.73. The Morgan fingerprint density at radius 2 is 1.52 bits per heavy atom. The molecular weight excluding hydrogens is 262 g/mol. The quantitative estimate of drug-likeness (QED) is 0.777. The molecule has 0 fully saturated rings. The predicted octanol–water partition coefficient (Wildman–Crippen LogP) is 1.95. The van der Waals surface area contributed by atoms with Crippen LogP contribution in [-0.4, -0.2) is 17.2 Å². The summed E-state index contributed by atoms with van der Waals surface area (Å²) in [6.07, 6.45) is 0. The van der Waals surface area contributed by atoms with Crippen LogP contribution in [0.2, 0.25) is 0 Å². The third kappa shape index (κ3) is 3.55. The first-order chi connectivity index (χ1) is 10.3. The van der Waals surface area contributed by atoms with Gasteiger partial charge in [-0.2, -0.15) is 0 Å². The Labute approximate surface area is 124 Å². The number of rotatable bonds is 5. The predicted molar refractivity (Wildman–Crippen MR) is 80.5 cm³/mol. The molecule has 1 unspecified atom stereocenters. The van der Waals surface area contributed by atoms with Gasteiger partial charge in [-0.1, -0.05) is 48.5 Å². The Morgan fingerprint density at radius 3 is 2.24 bits per heavy atom. The van der Waals surface area contributed by atoms with Crippen LogP contribution in [-0.2, 0) is 13.1 Å². The molecule has 21 heavy (non-hydrogen) atoms. The minimum atomic E-state index is 0.582. The summed E-state index contributed by atoms with van der Waals surface area (Å²) < 4.78 is 5.73. The van der Waals surface area contributed by atoms with Crippen LogP contribution in [0, 0.1) is 0 Å². The van der Waals surface area contributed by atoms with Gasteiger partial charge in [0.05, 0.1) is 7.05 Å². The summed E-state index contributed by atoms with van der Waals surface area (Å²) in [5.41, 5.74) is 2.26. The second-order valence-electron chi connectivity index (χ2n) is 5.16. The molecule has 1 aromatic heterocycles. The first kappa shape index (κ1) is 13.5. The van der Waals surface area contributed by atoms with Crippen molar-refractivity contribution in [3.05, 3.63) is 72.1 Å². The molecule has 106 valence electrons. The highest BCUT2D eigenvalue weighted by atomic mass is 16.4. The van der Waals surface area contributed by atoms with E-state index in [1.165, 1.54) is 10.5 Å². The van der Waals surface area contributed by atoms with E-state index in [1.54, 1.807) is 0 Å². The van der Waals surface area contributed by atoms with Gasteiger partial charge in [0.2, 0.25) is 5.89 Å². The van der Waals surface area contributed by atoms with Crippen molar-refractivity contribution in [2.75, 3.05) is 7.05 Å². The zero-order valence-corrected chi connectivity index (χ0v) is 12.0. The Balaban J connectivity index is 1.65. The lowest BCUT2D eigenvalue weighted by molar-refractivity contribution is -0.909. The van der Waals surface area contributed by atoms with Crippen LogP contribution in [0.5, 0.6) is 0 Å². The van der Waals surface area contributed by atoms with Crippen molar-refractivity contribution in [3.8, 4) is 11.5 Å². The van der Waals surface area contributed by atoms with Gasteiger partial charge in [0.25, 0.3) is 5.89 Å². The zero-order valence-electron chi connectivity index (χ0n) is 12.0. The number of quaternary nitrogens is 1. The first-order valence-corrected chi connectivity index (χ1v) is 7.04. The minimum absolute atomic E-state index is 0.582. The van der Waals surface area contributed by atoms with Crippen molar-refractivity contribution in [2.45, 2.75) is 13.1 Å². The van der Waals surface area contributed by atoms with Gasteiger partial charge >= 0.3 is 0 Å². The number of nitrogens with one attached hydrogen (secondary N) is 1. The SMILES string of the molecule is C[NH+](Cc1ccccc1)Cc1nnc(-c2ccccc2)o1. The Bertz CT molecular complexity index is 680. The Kier molecular flexibility index (Phi) is 4.07. The summed E-state index contributed by atoms with van der Waals surface area (Å²) >= 11 is 0. The third-order valence-electron chi connectivity index (χ3n) is 3.29. The summed E-state index contributed by atoms with van der Waals surface area (Å²) in [7, 11) is 2.12. The summed E-state index contributed by atoms with van der Waals surface area (Å²) in [6, 6.07) is 20.3. The second-order valence-corrected chi connectivity index (χ2v) is 5.16. The molecule has 3 rings (SSSR count). The highest BCUT2D eigenvalue weighted by molar-refractivity contribution is 5.51. The number of hydrogen-bond donors (Lipinski definition) is 1. The lowest BCUT2D eigenvalue weighted by Gasteiger charge is -2.11. The molecule has 3 aromatic rings. The van der Waals surface area contributed by atoms with Crippen molar-refractivity contribution in [3.63, 3.8) is 0 Å². The van der Waals surface area contributed by atoms with Gasteiger partial charge in [-0.05, 0) is 12.1 Å². The van der Waals surface area contributed by atoms with E-state index in [1.807, 2.05) is 36.4 Å². The molecule has 1 atom stereocenters. The maximum Gasteiger partial charge on any atom is 0.271 e. The summed E-state index contributed by atoms with van der Waals surface area (Å²) in [6.45, 7) is 1.65. The molecule has 2 aromatic carbocycles. The summed E-state index contributed by atoms with van der Waals surface area (Å²) in [5, 5.41) is 8.25. The molecule has 0 aliphatic heterocycles. The lowest BCUT2D eigenvalue weighted by Crippen LogP contribution is -3.06. The zero-order chi connectivity index (χ0) is 14.5. The topological polar surface area (TPSA) is 43.4 Å². The number of nitrogens with zero attached hydrogens (tertiary/aromatic N) is 2. The van der Waals surface area contributed by atoms with E-state index in [2.05, 4.69) is 41.5 Å². The Morgan fingerprint density at radius 1 is 0.857 bits per heavy atom. The molecular formula is C17H18N3O+. The van der Waals surface area contributed by atoms with Crippen LogP contribution in [0.15, 0.2) is 65.1 Å². The summed E-state index contributed by atoms with van der Waals surface area (Å²) in [4.78, 5) is 1.31. The van der Waals surface area contributed by atoms with Crippen molar-refractivity contribution in [1.82, 2.24) is 10.2 Å². The summed E-state index contributed by atoms with van der Waals surface area (Å²) in [5.74, 6) is 1.25. The van der Waals surface area contributed by atoms with E-state index >= 15 is 0 Å². The van der Waals surface area contributed by atoms with E-state index in [-0.39, 0.29) is 0 Å². The fourth-order valence-electron chi connectivity index (χ4n) is 2.29. The highest BCUT2D eigenvalue weighted by Gasteiger charge is 2.12. The van der Waals surface area contributed by atoms with Crippen LogP contribution in [0.1, 0.15) is 11.5 Å². The monoisotopic (exact) mass is 280 g/mol. The van der Waals surface area contributed by atoms with E-state index in [4.69, 9.17) is 4.42 Å². The van der Waals surface area contributed by atoms with Crippen molar-refractivity contribution >= 4 is 0 Å². The number of aromatic nitrogens is 2. The normalized spacial score (nSPS) is 12.2. The maximum atomic E-state index is 5.73. The fraction of sp³-hybridized carbons (Fsp3) is 0.176. The Hall–Kier alpha value is -2.46. The smallest absolute Gasteiger partial charge is 0.271 e. The van der Waals surface area contributed by atoms with Gasteiger partial charge in [0.15, 0.2) is 6.54 Å². The van der Waals surface area contributed by atoms with Crippen LogP contribution in [0.3, 0.4) is 0 Å². The van der Waals surface area contributed by atoms with Gasteiger partial charge in [0, 0.05) is 11.1 Å². The minimum Gasteiger partial charge on any atom is -0.415 e. The van der Waals surface area contributed by atoms with Gasteiger partial charge in [-0.3, -0.25) is 0 Å². The van der Waals surface area contributed by atoms with Crippen LogP contribution < -0.4 is 4.90 Å². The molecule has 4 heteroatoms. The average molecular weight is 280 g/mol. The highest BCUT2D eigenvalue weighted by Crippen LogP contribution is 2.16. The molecule has 0 aliphatic rings. The van der Waals surface area contributed by atoms with Crippen LogP contribution >= 0.6 is 0 Å². The molecule has 1 N–H and O–H groups in total. The van der Waals surface area contributed by atoms with E-state index in [0.29, 0.717) is 18.3 Å². The largest absolute Gasteiger partial charge is 0.415 e. The molecule has 0 radical (unpaired) electrons. The van der Waals surface area contributed by atoms with Gasteiger partial charge < -0.3 is 9.32 Å². The van der Waals surface area contributed by atoms with Crippen LogP contribution in [0.25, 0.3) is 11.5 Å². The molecule has 0 saturated heterocycles. The lowest BCUT2D eigenvalue weighted by atomic mass is 10.2. The second kappa shape index (κ2) is 6.33. The van der Waals surface area contributed by atoms with Gasteiger partial charge in [0.1, 0.15) is 6.54 Å². The molecule has 0 aliphatic carbocycles. The molecule has 0 spiro atoms. The molecule has 0 bridgehead atoms. The molecule has 1 heterocycles. The number of benzene rings is 2. The third-order valence-corrected chi connectivity index (χ3v) is 3.29. The van der Waals surface area contributed by atoms with E-state index < -0.39 is 0 Å². The average Bonchev–Trinajstić information content (AvgIpc) is 2.97. The van der Waals surface area contributed by atoms with Crippen LogP contribution in [0.4, 0.5) is 0 Å². The standard InChI is InChI=1S/C17H17N3O/c1-20(12-14-8-4-2-5-9-14)13-16-18-19-17(21-16)15-10-6-3-7-11-15/h2-11H,12-13H2,1H3/p+1. The molecule has 0 amide bonds. The van der Waals surface area contributed by atoms with Crippen molar-refractivity contribution < 1.29 is 9.32 Å². The van der Waals surface area contributed by atoms with Gasteiger partial charge in [-0.15, -0.1) is 10.2 Å². The first-order valence-electron chi connectivity index (χ1n) is 7.04. The van der Waals surface area contributed by atoms with Gasteiger partial charge in [-0.25, -0.2) is 0 Å². The van der Waals surface area contributed by atoms with Crippen molar-refractivity contribution in [2.24, 2.45) is 0 Å². The molecule has 0 saturated carbocycles. The van der Waals surface area contributed by atoms with E-state index in [0.717, 1.165) is 12.1 Å². The van der Waals surface area contributed by atoms with E-state index in [9.17, 15) is 0 Å². The number of hydrogen-bond acceptors (Lipinski definition) is 3. The molecule has 4 nitrogen and oxygen atoms in total.